The molecule has 0 saturated heterocycles. The zero-order valence-electron chi connectivity index (χ0n) is 34.8. The van der Waals surface area contributed by atoms with Crippen molar-refractivity contribution < 1.29 is 28.8 Å². The van der Waals surface area contributed by atoms with E-state index in [9.17, 15) is 28.8 Å². The highest BCUT2D eigenvalue weighted by Gasteiger charge is 2.27. The molecular formula is C44H34Cl8N8O6. The molecule has 0 aliphatic heterocycles. The van der Waals surface area contributed by atoms with E-state index in [-0.39, 0.29) is 79.7 Å². The zero-order chi connectivity index (χ0) is 48.6. The minimum Gasteiger partial charge on any atom is -0.324 e. The van der Waals surface area contributed by atoms with Crippen molar-refractivity contribution in [3.63, 3.8) is 0 Å². The Morgan fingerprint density at radius 1 is 0.485 bits per heavy atom. The molecule has 5 aromatic rings. The molecule has 14 nitrogen and oxygen atoms in total. The third kappa shape index (κ3) is 13.0. The first-order valence-corrected chi connectivity index (χ1v) is 22.3. The number of carbonyl (C=O) groups excluding carboxylic acids is 6. The first-order valence-electron chi connectivity index (χ1n) is 19.3. The maximum absolute atomic E-state index is 13.7. The maximum atomic E-state index is 13.7. The van der Waals surface area contributed by atoms with Gasteiger partial charge in [0.25, 0.3) is 23.6 Å². The van der Waals surface area contributed by atoms with Crippen LogP contribution in [0.4, 0.5) is 34.1 Å². The Bertz CT molecular complexity index is 2830. The Morgan fingerprint density at radius 2 is 0.864 bits per heavy atom. The molecule has 0 aromatic heterocycles. The minimum atomic E-state index is -1.62. The number of hydrogen-bond donors (Lipinski definition) is 4. The van der Waals surface area contributed by atoms with E-state index in [1.165, 1.54) is 67.6 Å². The predicted molar refractivity (Wildman–Crippen MR) is 262 cm³/mol. The van der Waals surface area contributed by atoms with E-state index < -0.39 is 47.3 Å². The van der Waals surface area contributed by atoms with E-state index in [0.29, 0.717) is 29.7 Å². The number of azo groups is 2. The van der Waals surface area contributed by atoms with Crippen LogP contribution in [0.15, 0.2) is 93.3 Å². The number of nitrogens with zero attached hydrogens (tertiary/aromatic N) is 4. The number of anilines is 4. The van der Waals surface area contributed by atoms with E-state index in [1.54, 1.807) is 12.1 Å². The summed E-state index contributed by atoms with van der Waals surface area (Å²) in [5, 5.41) is 27.6. The van der Waals surface area contributed by atoms with E-state index in [0.717, 1.165) is 6.92 Å². The lowest BCUT2D eigenvalue weighted by Crippen LogP contribution is -2.33. The average Bonchev–Trinajstić information content (AvgIpc) is 3.26. The van der Waals surface area contributed by atoms with Crippen molar-refractivity contribution >= 4 is 162 Å². The lowest BCUT2D eigenvalue weighted by atomic mass is 10.0. The van der Waals surface area contributed by atoms with Crippen molar-refractivity contribution in [1.82, 2.24) is 0 Å². The summed E-state index contributed by atoms with van der Waals surface area (Å²) in [6.45, 7) is 5.94. The van der Waals surface area contributed by atoms with Crippen molar-refractivity contribution in [2.75, 3.05) is 21.3 Å². The summed E-state index contributed by atoms with van der Waals surface area (Å²) >= 11 is 49.6. The maximum Gasteiger partial charge on any atom is 0.258 e. The van der Waals surface area contributed by atoms with Gasteiger partial charge in [-0.05, 0) is 111 Å². The number of carbonyl (C=O) groups is 6. The van der Waals surface area contributed by atoms with Crippen LogP contribution in [0.2, 0.25) is 40.2 Å². The van der Waals surface area contributed by atoms with Crippen LogP contribution in [-0.2, 0) is 32.0 Å². The molecule has 4 amide bonds. The van der Waals surface area contributed by atoms with Gasteiger partial charge < -0.3 is 21.3 Å². The molecule has 0 fully saturated rings. The molecule has 342 valence electrons. The van der Waals surface area contributed by atoms with Crippen LogP contribution < -0.4 is 21.3 Å². The summed E-state index contributed by atoms with van der Waals surface area (Å²) in [4.78, 5) is 79.0. The van der Waals surface area contributed by atoms with Crippen molar-refractivity contribution in [1.29, 1.82) is 0 Å². The molecule has 0 saturated carbocycles. The van der Waals surface area contributed by atoms with Gasteiger partial charge in [0.2, 0.25) is 12.1 Å². The summed E-state index contributed by atoms with van der Waals surface area (Å²) in [5.41, 5.74) is 2.08. The van der Waals surface area contributed by atoms with Gasteiger partial charge in [0.05, 0.1) is 52.9 Å². The molecule has 2 atom stereocenters. The van der Waals surface area contributed by atoms with Gasteiger partial charge in [-0.2, -0.15) is 20.5 Å². The van der Waals surface area contributed by atoms with Gasteiger partial charge in [-0.15, -0.1) is 0 Å². The Labute approximate surface area is 417 Å². The second-order valence-electron chi connectivity index (χ2n) is 14.1. The molecule has 5 rings (SSSR count). The number of nitrogens with one attached hydrogen (secondary N) is 4. The number of benzene rings is 5. The molecule has 0 aliphatic carbocycles. The van der Waals surface area contributed by atoms with Crippen LogP contribution in [0.1, 0.15) is 59.5 Å². The van der Waals surface area contributed by atoms with Gasteiger partial charge in [0.1, 0.15) is 0 Å². The highest BCUT2D eigenvalue weighted by Crippen LogP contribution is 2.38. The number of rotatable bonds is 16. The van der Waals surface area contributed by atoms with Gasteiger partial charge >= 0.3 is 0 Å². The summed E-state index contributed by atoms with van der Waals surface area (Å²) in [6, 6.07) is 13.9. The smallest absolute Gasteiger partial charge is 0.258 e. The molecule has 0 heterocycles. The minimum absolute atomic E-state index is 0.0248. The van der Waals surface area contributed by atoms with Crippen LogP contribution >= 0.6 is 92.8 Å². The third-order valence-corrected chi connectivity index (χ3v) is 12.0. The molecule has 0 spiro atoms. The number of ketones is 2. The number of aryl methyl sites for hydroxylation is 2. The number of Topliss-reactive ketones (excluding diaryl/α,β-unsaturated/α-hetero) is 2. The van der Waals surface area contributed by atoms with Crippen molar-refractivity contribution in [2.45, 2.75) is 52.6 Å². The van der Waals surface area contributed by atoms with E-state index in [1.807, 2.05) is 13.8 Å². The summed E-state index contributed by atoms with van der Waals surface area (Å²) in [6.07, 6.45) is 0.710. The van der Waals surface area contributed by atoms with Crippen molar-refractivity contribution in [3.05, 3.63) is 135 Å². The highest BCUT2D eigenvalue weighted by molar-refractivity contribution is 6.47. The van der Waals surface area contributed by atoms with Crippen molar-refractivity contribution in [3.8, 4) is 0 Å². The first-order chi connectivity index (χ1) is 31.2. The quantitative estimate of drug-likeness (QED) is 0.0430. The summed E-state index contributed by atoms with van der Waals surface area (Å²) in [7, 11) is 0. The van der Waals surface area contributed by atoms with Crippen LogP contribution in [-0.4, -0.2) is 47.3 Å². The molecule has 0 radical (unpaired) electrons. The van der Waals surface area contributed by atoms with E-state index in [2.05, 4.69) is 41.7 Å². The zero-order valence-corrected chi connectivity index (χ0v) is 40.8. The normalized spacial score (nSPS) is 12.2. The average molecular weight is 1050 g/mol. The molecule has 66 heavy (non-hydrogen) atoms. The summed E-state index contributed by atoms with van der Waals surface area (Å²) in [5.74, 6) is -4.25. The predicted octanol–water partition coefficient (Wildman–Crippen LogP) is 13.9. The number of amides is 4. The molecule has 5 aromatic carbocycles. The van der Waals surface area contributed by atoms with Gasteiger partial charge in [0.15, 0.2) is 11.6 Å². The fourth-order valence-electron chi connectivity index (χ4n) is 6.03. The van der Waals surface area contributed by atoms with E-state index >= 15 is 0 Å². The number of hydrogen-bond acceptors (Lipinski definition) is 10. The second-order valence-corrected chi connectivity index (χ2v) is 17.3. The Kier molecular flexibility index (Phi) is 18.1. The SMILES string of the molecule is CCc1cc(NC(=O)C(N=Nc2cc(Cl)cc(C(=O)Nc3c(Cl)ccc(Cl)c3Cl)c2)C(C)=O)cc(CC)c1NC(=O)C(N=Nc1cc(Cl)cc(C(=O)Nc2c(Cl)ccc(Cl)c2Cl)c1)C(C)=O. The van der Waals surface area contributed by atoms with Crippen molar-refractivity contribution in [2.24, 2.45) is 20.5 Å². The van der Waals surface area contributed by atoms with Crippen LogP contribution in [0.3, 0.4) is 0 Å². The monoisotopic (exact) mass is 1050 g/mol. The lowest BCUT2D eigenvalue weighted by Gasteiger charge is -2.19. The first kappa shape index (κ1) is 51.8. The summed E-state index contributed by atoms with van der Waals surface area (Å²) < 4.78 is 0. The Morgan fingerprint density at radius 3 is 1.24 bits per heavy atom. The van der Waals surface area contributed by atoms with Gasteiger partial charge in [0, 0.05) is 32.5 Å². The lowest BCUT2D eigenvalue weighted by molar-refractivity contribution is -0.127. The van der Waals surface area contributed by atoms with Crippen LogP contribution in [0.5, 0.6) is 0 Å². The van der Waals surface area contributed by atoms with Crippen LogP contribution in [0, 0.1) is 0 Å². The largest absolute Gasteiger partial charge is 0.324 e. The van der Waals surface area contributed by atoms with Crippen LogP contribution in [0.25, 0.3) is 0 Å². The van der Waals surface area contributed by atoms with Gasteiger partial charge in [-0.25, -0.2) is 0 Å². The fourth-order valence-corrected chi connectivity index (χ4v) is 7.73. The Hall–Kier alpha value is -5.16. The molecule has 0 bridgehead atoms. The fraction of sp³-hybridized carbons (Fsp3) is 0.182. The molecule has 22 heteroatoms. The third-order valence-electron chi connectivity index (χ3n) is 9.28. The standard InChI is InChI=1S/C44H34Cl8N8O6/c1-5-21-13-27(53-43(65)36(19(3)61)59-57-28-15-23(11-25(45)17-28)41(63)55-39-32(49)9-7-30(47)34(39)51)14-22(6-2)38(21)54-44(66)37(20(4)62)60-58-29-16-24(12-26(46)18-29)42(64)56-40-33(50)10-8-31(48)35(40)52/h7-18,36-37H,5-6H2,1-4H3,(H,53,65)(H,54,66)(H,55,63)(H,56,64). The number of halogens is 8. The molecule has 0 aliphatic rings. The van der Waals surface area contributed by atoms with E-state index in [4.69, 9.17) is 92.8 Å². The highest BCUT2D eigenvalue weighted by atomic mass is 35.5. The second kappa shape index (κ2) is 23.0. The topological polar surface area (TPSA) is 200 Å². The Balaban J connectivity index is 1.32. The van der Waals surface area contributed by atoms with Gasteiger partial charge in [-0.1, -0.05) is 107 Å². The van der Waals surface area contributed by atoms with Gasteiger partial charge in [-0.3, -0.25) is 28.8 Å². The molecule has 2 unspecified atom stereocenters. The molecular weight excluding hydrogens is 1020 g/mol. The molecule has 4 N–H and O–H groups in total.